The van der Waals surface area contributed by atoms with Crippen LogP contribution >= 0.6 is 0 Å². The van der Waals surface area contributed by atoms with Crippen molar-refractivity contribution in [3.8, 4) is 0 Å². The van der Waals surface area contributed by atoms with Crippen LogP contribution < -0.4 is 0 Å². The molecule has 0 amide bonds. The minimum atomic E-state index is 0.134. The summed E-state index contributed by atoms with van der Waals surface area (Å²) in [6.45, 7) is 6.53. The van der Waals surface area contributed by atoms with Gasteiger partial charge in [-0.2, -0.15) is 0 Å². The first-order valence-electron chi connectivity index (χ1n) is 10.6. The first-order valence-corrected chi connectivity index (χ1v) is 10.6. The average molecular weight is 368 g/mol. The molecule has 3 atom stereocenters. The van der Waals surface area contributed by atoms with Crippen molar-refractivity contribution in [3.63, 3.8) is 0 Å². The van der Waals surface area contributed by atoms with Crippen molar-refractivity contribution in [2.24, 2.45) is 11.3 Å². The fraction of sp³-hybridized carbons (Fsp3) is 0.600. The van der Waals surface area contributed by atoms with Gasteiger partial charge >= 0.3 is 0 Å². The Balaban J connectivity index is 1.60. The number of rotatable bonds is 7. The van der Waals surface area contributed by atoms with Crippen LogP contribution in [0.4, 0.5) is 0 Å². The van der Waals surface area contributed by atoms with E-state index < -0.39 is 0 Å². The van der Waals surface area contributed by atoms with Gasteiger partial charge in [0.2, 0.25) is 0 Å². The number of fused-ring (bicyclic) bond motifs is 1. The molecule has 0 spiro atoms. The highest BCUT2D eigenvalue weighted by atomic mass is 16.3. The van der Waals surface area contributed by atoms with Crippen molar-refractivity contribution in [1.82, 2.24) is 4.90 Å². The zero-order valence-electron chi connectivity index (χ0n) is 17.5. The largest absolute Gasteiger partial charge is 0.396 e. The van der Waals surface area contributed by atoms with Gasteiger partial charge in [0.05, 0.1) is 0 Å². The molecule has 2 heteroatoms. The van der Waals surface area contributed by atoms with Gasteiger partial charge in [0.15, 0.2) is 0 Å². The van der Waals surface area contributed by atoms with Crippen molar-refractivity contribution < 1.29 is 5.11 Å². The Kier molecular flexibility index (Phi) is 6.47. The van der Waals surface area contributed by atoms with Crippen LogP contribution in [0, 0.1) is 11.3 Å². The molecule has 1 fully saturated rings. The van der Waals surface area contributed by atoms with Crippen LogP contribution in [0.15, 0.2) is 42.6 Å². The molecule has 3 rings (SSSR count). The highest BCUT2D eigenvalue weighted by Gasteiger charge is 2.35. The molecule has 0 heterocycles. The van der Waals surface area contributed by atoms with Crippen LogP contribution in [-0.4, -0.2) is 30.7 Å². The molecule has 148 valence electrons. The third-order valence-electron chi connectivity index (χ3n) is 6.78. The number of aliphatic hydroxyl groups excluding tert-OH is 1. The Labute approximate surface area is 166 Å². The van der Waals surface area contributed by atoms with E-state index in [-0.39, 0.29) is 5.41 Å². The molecule has 0 bridgehead atoms. The van der Waals surface area contributed by atoms with Crippen molar-refractivity contribution in [1.29, 1.82) is 0 Å². The molecule has 1 aromatic rings. The Morgan fingerprint density at radius 2 is 2.11 bits per heavy atom. The van der Waals surface area contributed by atoms with E-state index in [9.17, 15) is 5.11 Å². The van der Waals surface area contributed by atoms with E-state index in [1.807, 2.05) is 6.08 Å². The number of benzene rings is 1. The number of hydrogen-bond acceptors (Lipinski definition) is 2. The highest BCUT2D eigenvalue weighted by molar-refractivity contribution is 5.36. The van der Waals surface area contributed by atoms with Crippen LogP contribution in [0.25, 0.3) is 0 Å². The summed E-state index contributed by atoms with van der Waals surface area (Å²) in [6, 6.07) is 7.26. The molecule has 0 unspecified atom stereocenters. The third-order valence-corrected chi connectivity index (χ3v) is 6.78. The van der Waals surface area contributed by atoms with E-state index in [1.165, 1.54) is 43.2 Å². The fourth-order valence-corrected chi connectivity index (χ4v) is 5.02. The second-order valence-electron chi connectivity index (χ2n) is 9.46. The summed E-state index contributed by atoms with van der Waals surface area (Å²) in [6.07, 6.45) is 13.8. The second-order valence-corrected chi connectivity index (χ2v) is 9.46. The van der Waals surface area contributed by atoms with E-state index in [2.05, 4.69) is 56.9 Å². The second kappa shape index (κ2) is 8.65. The smallest absolute Gasteiger partial charge is 0.0484 e. The third kappa shape index (κ3) is 5.04. The van der Waals surface area contributed by atoms with Gasteiger partial charge in [-0.15, -0.1) is 0 Å². The Morgan fingerprint density at radius 1 is 1.30 bits per heavy atom. The zero-order valence-corrected chi connectivity index (χ0v) is 17.5. The minimum Gasteiger partial charge on any atom is -0.396 e. The molecule has 1 aromatic carbocycles. The Morgan fingerprint density at radius 3 is 2.78 bits per heavy atom. The van der Waals surface area contributed by atoms with Gasteiger partial charge in [-0.25, -0.2) is 0 Å². The lowest BCUT2D eigenvalue weighted by molar-refractivity contribution is 0.147. The number of aliphatic hydroxyl groups is 1. The zero-order chi connectivity index (χ0) is 19.4. The lowest BCUT2D eigenvalue weighted by atomic mass is 9.79. The van der Waals surface area contributed by atoms with Crippen LogP contribution in [-0.2, 0) is 12.8 Å². The monoisotopic (exact) mass is 367 g/mol. The van der Waals surface area contributed by atoms with Gasteiger partial charge in [0.25, 0.3) is 0 Å². The van der Waals surface area contributed by atoms with Crippen LogP contribution in [0.3, 0.4) is 0 Å². The van der Waals surface area contributed by atoms with Crippen LogP contribution in [0.5, 0.6) is 0 Å². The number of nitrogens with zero attached hydrogens (tertiary/aromatic N) is 1. The number of allylic oxidation sites excluding steroid dienone is 2. The first kappa shape index (κ1) is 20.2. The maximum Gasteiger partial charge on any atom is 0.0484 e. The molecule has 1 N–H and O–H groups in total. The van der Waals surface area contributed by atoms with Gasteiger partial charge in [-0.1, -0.05) is 37.8 Å². The Bertz CT molecular complexity index is 690. The van der Waals surface area contributed by atoms with Gasteiger partial charge in [-0.05, 0) is 90.9 Å². The molecule has 2 aliphatic carbocycles. The maximum absolute atomic E-state index is 9.65. The maximum atomic E-state index is 9.65. The topological polar surface area (TPSA) is 23.5 Å². The highest BCUT2D eigenvalue weighted by Crippen LogP contribution is 2.46. The Hall–Kier alpha value is -1.54. The number of hydrogen-bond donors (Lipinski definition) is 1. The molecule has 0 aliphatic heterocycles. The van der Waals surface area contributed by atoms with E-state index >= 15 is 0 Å². The summed E-state index contributed by atoms with van der Waals surface area (Å²) in [5, 5.41) is 9.65. The predicted octanol–water partition coefficient (Wildman–Crippen LogP) is 5.47. The normalized spacial score (nSPS) is 28.1. The average Bonchev–Trinajstić information content (AvgIpc) is 3.07. The summed E-state index contributed by atoms with van der Waals surface area (Å²) in [7, 11) is 4.15. The SMILES string of the molecule is C=C/C(=C\N(C)C)CC[C@H]1CCc2cc([C@H]3CC[C@](C)(CO)C3)ccc2C1. The lowest BCUT2D eigenvalue weighted by Crippen LogP contribution is -2.17. The van der Waals surface area contributed by atoms with Gasteiger partial charge in [0.1, 0.15) is 0 Å². The molecule has 2 aliphatic rings. The summed E-state index contributed by atoms with van der Waals surface area (Å²) >= 11 is 0. The van der Waals surface area contributed by atoms with Crippen molar-refractivity contribution in [2.45, 2.75) is 64.2 Å². The number of aryl methyl sites for hydroxylation is 1. The molecule has 2 nitrogen and oxygen atoms in total. The molecular formula is C25H37NO. The summed E-state index contributed by atoms with van der Waals surface area (Å²) in [4.78, 5) is 2.11. The summed E-state index contributed by atoms with van der Waals surface area (Å²) in [5.41, 5.74) is 6.12. The van der Waals surface area contributed by atoms with Gasteiger partial charge in [-0.3, -0.25) is 0 Å². The minimum absolute atomic E-state index is 0.134. The van der Waals surface area contributed by atoms with Gasteiger partial charge < -0.3 is 10.0 Å². The molecule has 1 saturated carbocycles. The molecule has 0 saturated heterocycles. The first-order chi connectivity index (χ1) is 12.9. The summed E-state index contributed by atoms with van der Waals surface area (Å²) in [5.74, 6) is 1.43. The molecule has 27 heavy (non-hydrogen) atoms. The van der Waals surface area contributed by atoms with E-state index in [0.29, 0.717) is 12.5 Å². The van der Waals surface area contributed by atoms with E-state index in [1.54, 1.807) is 11.1 Å². The van der Waals surface area contributed by atoms with E-state index in [0.717, 1.165) is 25.2 Å². The molecule has 0 aromatic heterocycles. The fourth-order valence-electron chi connectivity index (χ4n) is 5.02. The molecular weight excluding hydrogens is 330 g/mol. The predicted molar refractivity (Wildman–Crippen MR) is 115 cm³/mol. The standard InChI is InChI=1S/C25H37NO/c1-5-19(17-26(3)4)6-7-20-8-9-22-15-23(11-10-21(22)14-20)24-12-13-25(2,16-24)18-27/h5,10-11,15,17,20,24,27H,1,6-9,12-14,16,18H2,2-4H3/b19-17+/t20-,24-,25-/m0/s1. The summed E-state index contributed by atoms with van der Waals surface area (Å²) < 4.78 is 0. The van der Waals surface area contributed by atoms with Crippen molar-refractivity contribution in [3.05, 3.63) is 59.3 Å². The van der Waals surface area contributed by atoms with Gasteiger partial charge in [0, 0.05) is 26.9 Å². The van der Waals surface area contributed by atoms with Crippen LogP contribution in [0.2, 0.25) is 0 Å². The van der Waals surface area contributed by atoms with Crippen molar-refractivity contribution in [2.75, 3.05) is 20.7 Å². The lowest BCUT2D eigenvalue weighted by Gasteiger charge is -2.26. The molecule has 0 radical (unpaired) electrons. The van der Waals surface area contributed by atoms with Crippen molar-refractivity contribution >= 4 is 0 Å². The quantitative estimate of drug-likeness (QED) is 0.646. The van der Waals surface area contributed by atoms with E-state index in [4.69, 9.17) is 0 Å². The van der Waals surface area contributed by atoms with Crippen LogP contribution in [0.1, 0.15) is 68.1 Å².